The van der Waals surface area contributed by atoms with E-state index < -0.39 is 0 Å². The van der Waals surface area contributed by atoms with Crippen LogP contribution in [-0.4, -0.2) is 23.8 Å². The summed E-state index contributed by atoms with van der Waals surface area (Å²) < 4.78 is 5.46. The molecule has 3 nitrogen and oxygen atoms in total. The van der Waals surface area contributed by atoms with Crippen molar-refractivity contribution in [3.63, 3.8) is 0 Å². The lowest BCUT2D eigenvalue weighted by molar-refractivity contribution is -0.149. The second-order valence-corrected chi connectivity index (χ2v) is 7.27. The predicted molar refractivity (Wildman–Crippen MR) is 110 cm³/mol. The zero-order valence-corrected chi connectivity index (χ0v) is 17.5. The van der Waals surface area contributed by atoms with E-state index in [9.17, 15) is 4.79 Å². The van der Waals surface area contributed by atoms with E-state index in [1.165, 1.54) is 18.4 Å². The van der Waals surface area contributed by atoms with Crippen LogP contribution in [0.25, 0.3) is 0 Å². The Morgan fingerprint density at radius 3 is 2.31 bits per heavy atom. The molecule has 0 bridgehead atoms. The number of cyclic esters (lactones) is 1. The SMILES string of the molecule is CC.CC(C)CO.CC1CC(Cc2ccccc2)CCCCCC(=O)O1. The Morgan fingerprint density at radius 1 is 1.12 bits per heavy atom. The number of benzene rings is 1. The van der Waals surface area contributed by atoms with Crippen LogP contribution in [0.5, 0.6) is 0 Å². The zero-order valence-electron chi connectivity index (χ0n) is 17.5. The van der Waals surface area contributed by atoms with Gasteiger partial charge in [0.15, 0.2) is 0 Å². The highest BCUT2D eigenvalue weighted by Gasteiger charge is 2.18. The van der Waals surface area contributed by atoms with Crippen molar-refractivity contribution < 1.29 is 14.6 Å². The van der Waals surface area contributed by atoms with Gasteiger partial charge in [-0.1, -0.05) is 70.9 Å². The maximum atomic E-state index is 11.6. The number of aliphatic hydroxyl groups is 1. The van der Waals surface area contributed by atoms with Gasteiger partial charge in [0.25, 0.3) is 0 Å². The molecule has 0 saturated carbocycles. The average molecular weight is 365 g/mol. The third-order valence-electron chi connectivity index (χ3n) is 4.22. The molecule has 0 spiro atoms. The van der Waals surface area contributed by atoms with E-state index >= 15 is 0 Å². The molecule has 1 N–H and O–H groups in total. The molecule has 2 unspecified atom stereocenters. The van der Waals surface area contributed by atoms with Gasteiger partial charge < -0.3 is 9.84 Å². The fourth-order valence-corrected chi connectivity index (χ4v) is 2.93. The number of ether oxygens (including phenoxy) is 1. The van der Waals surface area contributed by atoms with Gasteiger partial charge in [-0.15, -0.1) is 0 Å². The summed E-state index contributed by atoms with van der Waals surface area (Å²) in [6.07, 6.45) is 7.34. The van der Waals surface area contributed by atoms with Crippen LogP contribution in [0, 0.1) is 11.8 Å². The van der Waals surface area contributed by atoms with Gasteiger partial charge in [0, 0.05) is 13.0 Å². The number of carbonyl (C=O) groups is 1. The van der Waals surface area contributed by atoms with Crippen molar-refractivity contribution >= 4 is 5.97 Å². The molecule has 1 aliphatic rings. The monoisotopic (exact) mass is 364 g/mol. The van der Waals surface area contributed by atoms with E-state index in [-0.39, 0.29) is 12.1 Å². The van der Waals surface area contributed by atoms with Crippen molar-refractivity contribution in [2.24, 2.45) is 11.8 Å². The number of hydrogen-bond acceptors (Lipinski definition) is 3. The van der Waals surface area contributed by atoms with Crippen LogP contribution < -0.4 is 0 Å². The van der Waals surface area contributed by atoms with Gasteiger partial charge in [0.1, 0.15) is 0 Å². The minimum Gasteiger partial charge on any atom is -0.463 e. The molecule has 1 aromatic carbocycles. The van der Waals surface area contributed by atoms with Crippen LogP contribution in [-0.2, 0) is 16.0 Å². The quantitative estimate of drug-likeness (QED) is 0.690. The van der Waals surface area contributed by atoms with Crippen LogP contribution in [0.15, 0.2) is 30.3 Å². The Labute approximate surface area is 161 Å². The summed E-state index contributed by atoms with van der Waals surface area (Å²) in [4.78, 5) is 11.6. The first-order valence-corrected chi connectivity index (χ1v) is 10.4. The lowest BCUT2D eigenvalue weighted by atomic mass is 9.89. The highest BCUT2D eigenvalue weighted by molar-refractivity contribution is 5.69. The smallest absolute Gasteiger partial charge is 0.306 e. The third-order valence-corrected chi connectivity index (χ3v) is 4.22. The molecule has 0 radical (unpaired) electrons. The van der Waals surface area contributed by atoms with E-state index in [1.54, 1.807) is 0 Å². The molecule has 3 heteroatoms. The number of rotatable bonds is 3. The Kier molecular flexibility index (Phi) is 15.0. The van der Waals surface area contributed by atoms with Crippen LogP contribution >= 0.6 is 0 Å². The Bertz CT molecular complexity index is 442. The maximum absolute atomic E-state index is 11.6. The number of esters is 1. The molecular weight excluding hydrogens is 324 g/mol. The number of hydrogen-bond donors (Lipinski definition) is 1. The molecule has 26 heavy (non-hydrogen) atoms. The standard InChI is InChI=1S/C17H24O2.C4H10O.C2H6/c1-14-12-16(13-15-8-4-2-5-9-15)10-6-3-7-11-17(18)19-14;1-4(2)3-5;1-2/h2,4-5,8-9,14,16H,3,6-7,10-13H2,1H3;4-5H,3H2,1-2H3;1-2H3. The second kappa shape index (κ2) is 15.9. The molecule has 1 heterocycles. The van der Waals surface area contributed by atoms with Gasteiger partial charge >= 0.3 is 5.97 Å². The summed E-state index contributed by atoms with van der Waals surface area (Å²) >= 11 is 0. The first-order chi connectivity index (χ1) is 12.5. The van der Waals surface area contributed by atoms with Crippen molar-refractivity contribution in [2.75, 3.05) is 6.61 Å². The molecule has 2 atom stereocenters. The molecule has 0 aliphatic carbocycles. The van der Waals surface area contributed by atoms with E-state index in [4.69, 9.17) is 9.84 Å². The van der Waals surface area contributed by atoms with Gasteiger partial charge in [-0.05, 0) is 50.0 Å². The van der Waals surface area contributed by atoms with E-state index in [0.29, 0.717) is 24.9 Å². The molecule has 1 aromatic rings. The minimum atomic E-state index is -0.0205. The maximum Gasteiger partial charge on any atom is 0.306 e. The van der Waals surface area contributed by atoms with Crippen molar-refractivity contribution in [1.29, 1.82) is 0 Å². The summed E-state index contributed by atoms with van der Waals surface area (Å²) in [5.41, 5.74) is 1.39. The molecule has 1 fully saturated rings. The van der Waals surface area contributed by atoms with Crippen molar-refractivity contribution in [2.45, 2.75) is 85.7 Å². The fraction of sp³-hybridized carbons (Fsp3) is 0.696. The lowest BCUT2D eigenvalue weighted by Gasteiger charge is -2.23. The van der Waals surface area contributed by atoms with Crippen molar-refractivity contribution in [1.82, 2.24) is 0 Å². The summed E-state index contributed by atoms with van der Waals surface area (Å²) in [6.45, 7) is 10.3. The average Bonchev–Trinajstić information content (AvgIpc) is 2.64. The van der Waals surface area contributed by atoms with Gasteiger partial charge in [-0.3, -0.25) is 4.79 Å². The first kappa shape index (κ1) is 24.7. The Balaban J connectivity index is 0.000000772. The van der Waals surface area contributed by atoms with Crippen LogP contribution in [0.1, 0.15) is 78.7 Å². The number of aliphatic hydroxyl groups excluding tert-OH is 1. The molecule has 1 aliphatic heterocycles. The van der Waals surface area contributed by atoms with E-state index in [0.717, 1.165) is 25.7 Å². The Morgan fingerprint density at radius 2 is 1.73 bits per heavy atom. The van der Waals surface area contributed by atoms with Gasteiger partial charge in [-0.2, -0.15) is 0 Å². The van der Waals surface area contributed by atoms with Crippen molar-refractivity contribution in [3.8, 4) is 0 Å². The van der Waals surface area contributed by atoms with Crippen LogP contribution in [0.4, 0.5) is 0 Å². The molecule has 0 aromatic heterocycles. The highest BCUT2D eigenvalue weighted by atomic mass is 16.5. The van der Waals surface area contributed by atoms with Crippen molar-refractivity contribution in [3.05, 3.63) is 35.9 Å². The molecule has 1 saturated heterocycles. The summed E-state index contributed by atoms with van der Waals surface area (Å²) in [5, 5.41) is 8.14. The van der Waals surface area contributed by atoms with Crippen LogP contribution in [0.3, 0.4) is 0 Å². The van der Waals surface area contributed by atoms with E-state index in [1.807, 2.05) is 34.6 Å². The minimum absolute atomic E-state index is 0.0205. The first-order valence-electron chi connectivity index (χ1n) is 10.4. The van der Waals surface area contributed by atoms with Gasteiger partial charge in [-0.25, -0.2) is 0 Å². The summed E-state index contributed by atoms with van der Waals surface area (Å²) in [5.74, 6) is 1.05. The van der Waals surface area contributed by atoms with Crippen LogP contribution in [0.2, 0.25) is 0 Å². The normalized spacial score (nSPS) is 20.8. The largest absolute Gasteiger partial charge is 0.463 e. The van der Waals surface area contributed by atoms with Gasteiger partial charge in [0.2, 0.25) is 0 Å². The molecule has 0 amide bonds. The third kappa shape index (κ3) is 12.9. The molecule has 150 valence electrons. The molecule has 2 rings (SSSR count). The summed E-state index contributed by atoms with van der Waals surface area (Å²) in [7, 11) is 0. The van der Waals surface area contributed by atoms with E-state index in [2.05, 4.69) is 30.3 Å². The predicted octanol–water partition coefficient (Wildman–Crippen LogP) is 5.79. The van der Waals surface area contributed by atoms with Gasteiger partial charge in [0.05, 0.1) is 6.10 Å². The topological polar surface area (TPSA) is 46.5 Å². The zero-order chi connectivity index (χ0) is 19.8. The second-order valence-electron chi connectivity index (χ2n) is 7.27. The fourth-order valence-electron chi connectivity index (χ4n) is 2.93. The highest BCUT2D eigenvalue weighted by Crippen LogP contribution is 2.23. The lowest BCUT2D eigenvalue weighted by Crippen LogP contribution is -2.21. The number of carbonyl (C=O) groups excluding carboxylic acids is 1. The molecular formula is C23H40O3. The summed E-state index contributed by atoms with van der Waals surface area (Å²) in [6, 6.07) is 10.6. The Hall–Kier alpha value is -1.35.